The van der Waals surface area contributed by atoms with Crippen LogP contribution in [0.25, 0.3) is 11.0 Å². The molecule has 3 rings (SSSR count). The number of nitrogens with zero attached hydrogens (tertiary/aromatic N) is 5. The Bertz CT molecular complexity index is 928. The van der Waals surface area contributed by atoms with Crippen LogP contribution in [0, 0.1) is 0 Å². The highest BCUT2D eigenvalue weighted by Crippen LogP contribution is 2.19. The lowest BCUT2D eigenvalue weighted by Crippen LogP contribution is -2.37. The second kappa shape index (κ2) is 7.16. The van der Waals surface area contributed by atoms with Crippen LogP contribution in [0.4, 0.5) is 0 Å². The predicted octanol–water partition coefficient (Wildman–Crippen LogP) is 0.611. The second-order valence-corrected chi connectivity index (χ2v) is 6.80. The van der Waals surface area contributed by atoms with Crippen LogP contribution in [-0.2, 0) is 18.4 Å². The zero-order valence-electron chi connectivity index (χ0n) is 14.3. The third-order valence-electron chi connectivity index (χ3n) is 4.08. The molecule has 0 radical (unpaired) electrons. The van der Waals surface area contributed by atoms with E-state index in [-0.39, 0.29) is 24.1 Å². The fourth-order valence-electron chi connectivity index (χ4n) is 2.66. The van der Waals surface area contributed by atoms with Crippen molar-refractivity contribution >= 4 is 28.3 Å². The van der Waals surface area contributed by atoms with Crippen LogP contribution in [0.15, 0.2) is 34.1 Å². The van der Waals surface area contributed by atoms with Gasteiger partial charge in [0.25, 0.3) is 5.56 Å². The van der Waals surface area contributed by atoms with Crippen LogP contribution in [0.1, 0.15) is 11.6 Å². The molecule has 0 unspecified atom stereocenters. The van der Waals surface area contributed by atoms with Crippen molar-refractivity contribution in [1.29, 1.82) is 0 Å². The SMILES string of the molecule is CN(C)[C@H](CNC(=O)Cn1cnc2c(cnn2C)c1=O)c1ccsc1. The van der Waals surface area contributed by atoms with Gasteiger partial charge in [-0.3, -0.25) is 18.8 Å². The summed E-state index contributed by atoms with van der Waals surface area (Å²) in [6.07, 6.45) is 2.85. The number of hydrogen-bond donors (Lipinski definition) is 1. The summed E-state index contributed by atoms with van der Waals surface area (Å²) in [5, 5.41) is 11.4. The van der Waals surface area contributed by atoms with Gasteiger partial charge in [0.2, 0.25) is 5.91 Å². The van der Waals surface area contributed by atoms with Gasteiger partial charge in [0, 0.05) is 13.6 Å². The number of aromatic nitrogens is 4. The van der Waals surface area contributed by atoms with Crippen molar-refractivity contribution in [2.24, 2.45) is 7.05 Å². The maximum absolute atomic E-state index is 12.4. The van der Waals surface area contributed by atoms with Gasteiger partial charge < -0.3 is 10.2 Å². The Morgan fingerprint density at radius 1 is 1.44 bits per heavy atom. The second-order valence-electron chi connectivity index (χ2n) is 6.02. The summed E-state index contributed by atoms with van der Waals surface area (Å²) >= 11 is 1.63. The Hall–Kier alpha value is -2.52. The van der Waals surface area contributed by atoms with Crippen molar-refractivity contribution in [2.75, 3.05) is 20.6 Å². The number of likely N-dealkylation sites (N-methyl/N-ethyl adjacent to an activating group) is 1. The van der Waals surface area contributed by atoms with E-state index in [4.69, 9.17) is 0 Å². The third-order valence-corrected chi connectivity index (χ3v) is 4.78. The lowest BCUT2D eigenvalue weighted by Gasteiger charge is -2.24. The molecule has 0 saturated heterocycles. The van der Waals surface area contributed by atoms with Crippen molar-refractivity contribution in [3.8, 4) is 0 Å². The molecular formula is C16H20N6O2S. The highest BCUT2D eigenvalue weighted by atomic mass is 32.1. The number of thiophene rings is 1. The Morgan fingerprint density at radius 2 is 2.24 bits per heavy atom. The van der Waals surface area contributed by atoms with Crippen LogP contribution < -0.4 is 10.9 Å². The summed E-state index contributed by atoms with van der Waals surface area (Å²) in [6, 6.07) is 2.14. The van der Waals surface area contributed by atoms with E-state index >= 15 is 0 Å². The normalized spacial score (nSPS) is 12.6. The van der Waals surface area contributed by atoms with E-state index in [0.717, 1.165) is 5.56 Å². The molecule has 0 saturated carbocycles. The van der Waals surface area contributed by atoms with Gasteiger partial charge in [0.1, 0.15) is 18.3 Å². The van der Waals surface area contributed by atoms with Crippen LogP contribution in [-0.4, -0.2) is 50.8 Å². The molecule has 3 aromatic heterocycles. The topological polar surface area (TPSA) is 85.1 Å². The summed E-state index contributed by atoms with van der Waals surface area (Å²) in [7, 11) is 5.66. The molecule has 0 fully saturated rings. The standard InChI is InChI=1S/C16H20N6O2S/c1-20(2)13(11-4-5-25-9-11)7-17-14(23)8-22-10-18-15-12(16(22)24)6-19-21(15)3/h4-6,9-10,13H,7-8H2,1-3H3,(H,17,23)/t13-/m1/s1. The molecule has 0 bridgehead atoms. The Labute approximate surface area is 148 Å². The number of hydrogen-bond acceptors (Lipinski definition) is 6. The van der Waals surface area contributed by atoms with Gasteiger partial charge in [0.15, 0.2) is 5.65 Å². The Kier molecular flexibility index (Phi) is 4.95. The van der Waals surface area contributed by atoms with E-state index < -0.39 is 0 Å². The molecule has 9 heteroatoms. The van der Waals surface area contributed by atoms with E-state index in [1.807, 2.05) is 25.5 Å². The molecule has 132 valence electrons. The molecule has 1 amide bonds. The molecule has 1 atom stereocenters. The number of amides is 1. The molecule has 3 aromatic rings. The number of rotatable bonds is 6. The Morgan fingerprint density at radius 3 is 2.92 bits per heavy atom. The van der Waals surface area contributed by atoms with E-state index in [9.17, 15) is 9.59 Å². The smallest absolute Gasteiger partial charge is 0.264 e. The van der Waals surface area contributed by atoms with Crippen molar-refractivity contribution in [3.05, 3.63) is 45.3 Å². The molecule has 8 nitrogen and oxygen atoms in total. The highest BCUT2D eigenvalue weighted by molar-refractivity contribution is 7.07. The first-order valence-electron chi connectivity index (χ1n) is 7.79. The fourth-order valence-corrected chi connectivity index (χ4v) is 3.37. The lowest BCUT2D eigenvalue weighted by molar-refractivity contribution is -0.121. The van der Waals surface area contributed by atoms with Gasteiger partial charge in [-0.05, 0) is 36.5 Å². The molecule has 0 spiro atoms. The molecule has 0 aliphatic carbocycles. The van der Waals surface area contributed by atoms with E-state index in [2.05, 4.69) is 25.7 Å². The van der Waals surface area contributed by atoms with Crippen LogP contribution in [0.5, 0.6) is 0 Å². The molecule has 0 aromatic carbocycles. The minimum Gasteiger partial charge on any atom is -0.353 e. The van der Waals surface area contributed by atoms with Gasteiger partial charge in [-0.1, -0.05) is 0 Å². The highest BCUT2D eigenvalue weighted by Gasteiger charge is 2.16. The minimum absolute atomic E-state index is 0.0690. The summed E-state index contributed by atoms with van der Waals surface area (Å²) in [4.78, 5) is 30.9. The summed E-state index contributed by atoms with van der Waals surface area (Å²) in [6.45, 7) is 0.403. The number of aryl methyl sites for hydroxylation is 1. The summed E-state index contributed by atoms with van der Waals surface area (Å²) in [5.41, 5.74) is 1.40. The minimum atomic E-state index is -0.268. The van der Waals surface area contributed by atoms with Crippen molar-refractivity contribution in [2.45, 2.75) is 12.6 Å². The largest absolute Gasteiger partial charge is 0.353 e. The average Bonchev–Trinajstić information content (AvgIpc) is 3.21. The maximum atomic E-state index is 12.4. The molecular weight excluding hydrogens is 340 g/mol. The van der Waals surface area contributed by atoms with E-state index in [1.54, 1.807) is 18.4 Å². The quantitative estimate of drug-likeness (QED) is 0.696. The van der Waals surface area contributed by atoms with Crippen LogP contribution in [0.3, 0.4) is 0 Å². The molecule has 0 aliphatic heterocycles. The van der Waals surface area contributed by atoms with Crippen molar-refractivity contribution < 1.29 is 4.79 Å². The molecule has 25 heavy (non-hydrogen) atoms. The van der Waals surface area contributed by atoms with Gasteiger partial charge in [-0.15, -0.1) is 0 Å². The average molecular weight is 360 g/mol. The molecule has 1 N–H and O–H groups in total. The fraction of sp³-hybridized carbons (Fsp3) is 0.375. The summed E-state index contributed by atoms with van der Waals surface area (Å²) in [5.74, 6) is -0.228. The predicted molar refractivity (Wildman–Crippen MR) is 96.5 cm³/mol. The van der Waals surface area contributed by atoms with Crippen LogP contribution >= 0.6 is 11.3 Å². The third kappa shape index (κ3) is 3.62. The molecule has 0 aliphatic rings. The first-order valence-corrected chi connectivity index (χ1v) is 8.74. The monoisotopic (exact) mass is 360 g/mol. The number of carbonyl (C=O) groups is 1. The van der Waals surface area contributed by atoms with Gasteiger partial charge >= 0.3 is 0 Å². The Balaban J connectivity index is 1.68. The van der Waals surface area contributed by atoms with Gasteiger partial charge in [0.05, 0.1) is 12.2 Å². The zero-order valence-corrected chi connectivity index (χ0v) is 15.2. The zero-order chi connectivity index (χ0) is 18.0. The summed E-state index contributed by atoms with van der Waals surface area (Å²) < 4.78 is 2.83. The first-order chi connectivity index (χ1) is 12.0. The van der Waals surface area contributed by atoms with Crippen molar-refractivity contribution in [1.82, 2.24) is 29.5 Å². The number of carbonyl (C=O) groups excluding carboxylic acids is 1. The maximum Gasteiger partial charge on any atom is 0.264 e. The molecule has 3 heterocycles. The van der Waals surface area contributed by atoms with E-state index in [0.29, 0.717) is 17.6 Å². The van der Waals surface area contributed by atoms with Crippen molar-refractivity contribution in [3.63, 3.8) is 0 Å². The van der Waals surface area contributed by atoms with Gasteiger partial charge in [-0.2, -0.15) is 16.4 Å². The lowest BCUT2D eigenvalue weighted by atomic mass is 10.1. The first kappa shape index (κ1) is 17.3. The number of fused-ring (bicyclic) bond motifs is 1. The van der Waals surface area contributed by atoms with Crippen LogP contribution in [0.2, 0.25) is 0 Å². The number of nitrogens with one attached hydrogen (secondary N) is 1. The van der Waals surface area contributed by atoms with Gasteiger partial charge in [-0.25, -0.2) is 4.98 Å². The van der Waals surface area contributed by atoms with E-state index in [1.165, 1.54) is 21.8 Å².